The van der Waals surface area contributed by atoms with Crippen molar-refractivity contribution in [2.45, 2.75) is 26.9 Å². The molecule has 0 radical (unpaired) electrons. The van der Waals surface area contributed by atoms with Gasteiger partial charge in [-0.2, -0.15) is 0 Å². The first kappa shape index (κ1) is 12.0. The smallest absolute Gasteiger partial charge is 0.119 e. The largest absolute Gasteiger partial charge is 0.497 e. The van der Waals surface area contributed by atoms with E-state index in [0.717, 1.165) is 12.3 Å². The lowest BCUT2D eigenvalue weighted by Gasteiger charge is -2.12. The van der Waals surface area contributed by atoms with Crippen molar-refractivity contribution >= 4 is 10.9 Å². The predicted molar refractivity (Wildman–Crippen MR) is 71.2 cm³/mol. The van der Waals surface area contributed by atoms with E-state index in [2.05, 4.69) is 36.6 Å². The van der Waals surface area contributed by atoms with Gasteiger partial charge in [0.1, 0.15) is 5.75 Å². The highest BCUT2D eigenvalue weighted by Gasteiger charge is 2.09. The molecular weight excluding hydrogens is 212 g/mol. The summed E-state index contributed by atoms with van der Waals surface area (Å²) in [6.45, 7) is 6.01. The predicted octanol–water partition coefficient (Wildman–Crippen LogP) is 2.76. The van der Waals surface area contributed by atoms with Gasteiger partial charge in [0.25, 0.3) is 0 Å². The SMILES string of the molecule is COc1ccc2c(c1)cc(CN)n2CC(C)C. The number of nitrogens with zero attached hydrogens (tertiary/aromatic N) is 1. The number of benzene rings is 1. The zero-order valence-corrected chi connectivity index (χ0v) is 10.7. The van der Waals surface area contributed by atoms with Crippen LogP contribution in [0.5, 0.6) is 5.75 Å². The van der Waals surface area contributed by atoms with Gasteiger partial charge in [-0.15, -0.1) is 0 Å². The molecule has 0 atom stereocenters. The standard InChI is InChI=1S/C14H20N2O/c1-10(2)9-16-12(8-15)6-11-7-13(17-3)4-5-14(11)16/h4-7,10H,8-9,15H2,1-3H3. The molecule has 0 amide bonds. The topological polar surface area (TPSA) is 40.2 Å². The summed E-state index contributed by atoms with van der Waals surface area (Å²) in [6.07, 6.45) is 0. The van der Waals surface area contributed by atoms with Crippen LogP contribution in [0, 0.1) is 5.92 Å². The third-order valence-electron chi connectivity index (χ3n) is 2.95. The van der Waals surface area contributed by atoms with Crippen molar-refractivity contribution in [3.63, 3.8) is 0 Å². The van der Waals surface area contributed by atoms with Gasteiger partial charge >= 0.3 is 0 Å². The van der Waals surface area contributed by atoms with Crippen LogP contribution in [0.1, 0.15) is 19.5 Å². The average molecular weight is 232 g/mol. The zero-order valence-electron chi connectivity index (χ0n) is 10.7. The van der Waals surface area contributed by atoms with E-state index < -0.39 is 0 Å². The van der Waals surface area contributed by atoms with E-state index in [-0.39, 0.29) is 0 Å². The maximum absolute atomic E-state index is 5.81. The lowest BCUT2D eigenvalue weighted by Crippen LogP contribution is -2.10. The molecule has 1 aromatic heterocycles. The number of aromatic nitrogens is 1. The maximum Gasteiger partial charge on any atom is 0.119 e. The molecule has 17 heavy (non-hydrogen) atoms. The first-order valence-electron chi connectivity index (χ1n) is 6.02. The van der Waals surface area contributed by atoms with E-state index in [1.165, 1.54) is 16.6 Å². The molecule has 1 aromatic carbocycles. The molecule has 0 aliphatic heterocycles. The monoisotopic (exact) mass is 232 g/mol. The molecule has 0 unspecified atom stereocenters. The molecule has 0 spiro atoms. The summed E-state index contributed by atoms with van der Waals surface area (Å²) in [5.74, 6) is 1.50. The molecule has 1 heterocycles. The highest BCUT2D eigenvalue weighted by Crippen LogP contribution is 2.25. The number of fused-ring (bicyclic) bond motifs is 1. The summed E-state index contributed by atoms with van der Waals surface area (Å²) in [5.41, 5.74) is 8.23. The van der Waals surface area contributed by atoms with Crippen LogP contribution in [0.4, 0.5) is 0 Å². The molecular formula is C14H20N2O. The molecule has 3 heteroatoms. The van der Waals surface area contributed by atoms with Gasteiger partial charge in [-0.3, -0.25) is 0 Å². The van der Waals surface area contributed by atoms with Crippen LogP contribution in [0.2, 0.25) is 0 Å². The summed E-state index contributed by atoms with van der Waals surface area (Å²) in [5, 5.41) is 1.20. The molecule has 0 aliphatic rings. The number of methoxy groups -OCH3 is 1. The summed E-state index contributed by atoms with van der Waals surface area (Å²) in [4.78, 5) is 0. The Labute approximate surface area is 102 Å². The van der Waals surface area contributed by atoms with Crippen molar-refractivity contribution in [1.29, 1.82) is 0 Å². The second-order valence-electron chi connectivity index (χ2n) is 4.77. The Morgan fingerprint density at radius 2 is 2.06 bits per heavy atom. The first-order chi connectivity index (χ1) is 8.15. The van der Waals surface area contributed by atoms with E-state index in [9.17, 15) is 0 Å². The van der Waals surface area contributed by atoms with Crippen LogP contribution < -0.4 is 10.5 Å². The molecule has 92 valence electrons. The van der Waals surface area contributed by atoms with Gasteiger partial charge in [-0.1, -0.05) is 13.8 Å². The van der Waals surface area contributed by atoms with Crippen LogP contribution in [0.15, 0.2) is 24.3 Å². The number of ether oxygens (including phenoxy) is 1. The Morgan fingerprint density at radius 1 is 1.29 bits per heavy atom. The molecule has 0 aliphatic carbocycles. The van der Waals surface area contributed by atoms with E-state index in [4.69, 9.17) is 10.5 Å². The third kappa shape index (κ3) is 2.29. The summed E-state index contributed by atoms with van der Waals surface area (Å²) in [7, 11) is 1.69. The first-order valence-corrected chi connectivity index (χ1v) is 6.02. The van der Waals surface area contributed by atoms with Crippen LogP contribution in [-0.4, -0.2) is 11.7 Å². The highest BCUT2D eigenvalue weighted by molar-refractivity contribution is 5.83. The molecule has 0 saturated heterocycles. The van der Waals surface area contributed by atoms with Gasteiger partial charge in [0.05, 0.1) is 7.11 Å². The summed E-state index contributed by atoms with van der Waals surface area (Å²) >= 11 is 0. The molecule has 0 bridgehead atoms. The maximum atomic E-state index is 5.81. The van der Waals surface area contributed by atoms with Gasteiger partial charge in [0, 0.05) is 29.7 Å². The number of hydrogen-bond acceptors (Lipinski definition) is 2. The average Bonchev–Trinajstić information content (AvgIpc) is 2.65. The van der Waals surface area contributed by atoms with Crippen LogP contribution >= 0.6 is 0 Å². The van der Waals surface area contributed by atoms with Gasteiger partial charge in [-0.25, -0.2) is 0 Å². The zero-order chi connectivity index (χ0) is 12.4. The quantitative estimate of drug-likeness (QED) is 0.880. The minimum absolute atomic E-state index is 0.573. The lowest BCUT2D eigenvalue weighted by atomic mass is 10.2. The Balaban J connectivity index is 2.55. The Bertz CT molecular complexity index is 514. The molecule has 2 aromatic rings. The van der Waals surface area contributed by atoms with Crippen molar-refractivity contribution in [2.24, 2.45) is 11.7 Å². The number of nitrogens with two attached hydrogens (primary N) is 1. The minimum atomic E-state index is 0.573. The van der Waals surface area contributed by atoms with Crippen LogP contribution in [0.3, 0.4) is 0 Å². The highest BCUT2D eigenvalue weighted by atomic mass is 16.5. The van der Waals surface area contributed by atoms with Crippen molar-refractivity contribution in [3.05, 3.63) is 30.0 Å². The normalized spacial score (nSPS) is 11.4. The van der Waals surface area contributed by atoms with Crippen LogP contribution in [-0.2, 0) is 13.1 Å². The Morgan fingerprint density at radius 3 is 2.65 bits per heavy atom. The van der Waals surface area contributed by atoms with Gasteiger partial charge in [-0.05, 0) is 30.2 Å². The molecule has 0 saturated carbocycles. The minimum Gasteiger partial charge on any atom is -0.497 e. The van der Waals surface area contributed by atoms with Crippen molar-refractivity contribution in [2.75, 3.05) is 7.11 Å². The van der Waals surface area contributed by atoms with Crippen LogP contribution in [0.25, 0.3) is 10.9 Å². The fraction of sp³-hybridized carbons (Fsp3) is 0.429. The van der Waals surface area contributed by atoms with E-state index in [1.54, 1.807) is 7.11 Å². The van der Waals surface area contributed by atoms with E-state index in [1.807, 2.05) is 6.07 Å². The Hall–Kier alpha value is -1.48. The number of rotatable bonds is 4. The molecule has 2 rings (SSSR count). The molecule has 2 N–H and O–H groups in total. The lowest BCUT2D eigenvalue weighted by molar-refractivity contribution is 0.415. The molecule has 0 fully saturated rings. The second kappa shape index (κ2) is 4.80. The van der Waals surface area contributed by atoms with Gasteiger partial charge < -0.3 is 15.0 Å². The Kier molecular flexibility index (Phi) is 3.38. The molecule has 3 nitrogen and oxygen atoms in total. The fourth-order valence-electron chi connectivity index (χ4n) is 2.18. The van der Waals surface area contributed by atoms with Crippen molar-refractivity contribution < 1.29 is 4.74 Å². The summed E-state index contributed by atoms with van der Waals surface area (Å²) < 4.78 is 7.55. The van der Waals surface area contributed by atoms with Gasteiger partial charge in [0.2, 0.25) is 0 Å². The van der Waals surface area contributed by atoms with Gasteiger partial charge in [0.15, 0.2) is 0 Å². The summed E-state index contributed by atoms with van der Waals surface area (Å²) in [6, 6.07) is 8.32. The van der Waals surface area contributed by atoms with Crippen molar-refractivity contribution in [3.8, 4) is 5.75 Å². The number of hydrogen-bond donors (Lipinski definition) is 1. The second-order valence-corrected chi connectivity index (χ2v) is 4.77. The fourth-order valence-corrected chi connectivity index (χ4v) is 2.18. The van der Waals surface area contributed by atoms with Crippen molar-refractivity contribution in [1.82, 2.24) is 4.57 Å². The van der Waals surface area contributed by atoms with E-state index in [0.29, 0.717) is 12.5 Å². The third-order valence-corrected chi connectivity index (χ3v) is 2.95. The van der Waals surface area contributed by atoms with E-state index >= 15 is 0 Å².